The lowest BCUT2D eigenvalue weighted by molar-refractivity contribution is 0.190. The number of hydrogen-bond acceptors (Lipinski definition) is 3. The molecule has 0 bridgehead atoms. The summed E-state index contributed by atoms with van der Waals surface area (Å²) in [6.45, 7) is 1.46. The van der Waals surface area contributed by atoms with Gasteiger partial charge < -0.3 is 5.11 Å². The summed E-state index contributed by atoms with van der Waals surface area (Å²) in [5.74, 6) is -0.370. The van der Waals surface area contributed by atoms with E-state index in [4.69, 9.17) is 9.66 Å². The largest absolute Gasteiger partial charge is 0.393 e. The Hall–Kier alpha value is -0.130. The first-order valence-electron chi connectivity index (χ1n) is 2.55. The summed E-state index contributed by atoms with van der Waals surface area (Å²) in [7, 11) is -3.88. The summed E-state index contributed by atoms with van der Waals surface area (Å²) >= 11 is 0. The van der Waals surface area contributed by atoms with E-state index in [2.05, 4.69) is 0 Å². The molecule has 0 saturated heterocycles. The van der Waals surface area contributed by atoms with Gasteiger partial charge >= 0.3 is 0 Å². The summed E-state index contributed by atoms with van der Waals surface area (Å²) in [5.41, 5.74) is 0. The summed E-state index contributed by atoms with van der Waals surface area (Å²) < 4.78 is 28.1. The second-order valence-corrected chi connectivity index (χ2v) is 3.50. The first-order chi connectivity index (χ1) is 3.92. The van der Waals surface area contributed by atoms with Crippen molar-refractivity contribution >= 4 is 10.1 Å². The smallest absolute Gasteiger partial charge is 0.264 e. The number of aliphatic hydroxyl groups is 1. The van der Waals surface area contributed by atoms with Gasteiger partial charge in [-0.05, 0) is 13.3 Å². The van der Waals surface area contributed by atoms with Crippen molar-refractivity contribution in [2.45, 2.75) is 19.4 Å². The quantitative estimate of drug-likeness (QED) is 0.544. The van der Waals surface area contributed by atoms with E-state index in [1.165, 1.54) is 6.92 Å². The summed E-state index contributed by atoms with van der Waals surface area (Å²) in [5, 5.41) is 8.54. The van der Waals surface area contributed by atoms with Crippen molar-refractivity contribution in [3.05, 3.63) is 0 Å². The SMILES string of the molecule is CC(O)CCS(=O)(=O)O. The van der Waals surface area contributed by atoms with Gasteiger partial charge in [-0.2, -0.15) is 8.42 Å². The van der Waals surface area contributed by atoms with Crippen LogP contribution < -0.4 is 0 Å². The molecule has 2 N–H and O–H groups in total. The Kier molecular flexibility index (Phi) is 3.10. The number of rotatable bonds is 3. The third kappa shape index (κ3) is 7.87. The topological polar surface area (TPSA) is 74.6 Å². The zero-order chi connectivity index (χ0) is 7.49. The minimum Gasteiger partial charge on any atom is -0.393 e. The van der Waals surface area contributed by atoms with Crippen LogP contribution in [0.3, 0.4) is 0 Å². The Labute approximate surface area is 54.3 Å². The van der Waals surface area contributed by atoms with Crippen LogP contribution in [0.2, 0.25) is 0 Å². The van der Waals surface area contributed by atoms with Crippen molar-refractivity contribution < 1.29 is 18.1 Å². The molecule has 0 aromatic heterocycles. The van der Waals surface area contributed by atoms with Crippen LogP contribution in [-0.2, 0) is 10.1 Å². The molecule has 0 rings (SSSR count). The van der Waals surface area contributed by atoms with Gasteiger partial charge in [-0.25, -0.2) is 0 Å². The highest BCUT2D eigenvalue weighted by Crippen LogP contribution is 1.92. The monoisotopic (exact) mass is 154 g/mol. The number of hydrogen-bond donors (Lipinski definition) is 2. The Morgan fingerprint density at radius 2 is 2.00 bits per heavy atom. The molecule has 1 unspecified atom stereocenters. The Bertz CT molecular complexity index is 157. The van der Waals surface area contributed by atoms with Crippen molar-refractivity contribution in [3.8, 4) is 0 Å². The molecule has 0 heterocycles. The summed E-state index contributed by atoms with van der Waals surface area (Å²) in [6, 6.07) is 0. The summed E-state index contributed by atoms with van der Waals surface area (Å²) in [6.07, 6.45) is -0.592. The average Bonchev–Trinajstić information content (AvgIpc) is 1.59. The fourth-order valence-corrected chi connectivity index (χ4v) is 0.958. The molecule has 1 atom stereocenters. The van der Waals surface area contributed by atoms with Crippen LogP contribution in [0.4, 0.5) is 0 Å². The van der Waals surface area contributed by atoms with Gasteiger partial charge in [0.25, 0.3) is 10.1 Å². The zero-order valence-corrected chi connectivity index (χ0v) is 5.93. The lowest BCUT2D eigenvalue weighted by Gasteiger charge is -1.99. The van der Waals surface area contributed by atoms with Gasteiger partial charge in [-0.15, -0.1) is 0 Å². The maximum absolute atomic E-state index is 9.98. The van der Waals surface area contributed by atoms with E-state index in [0.717, 1.165) is 0 Å². The molecule has 0 amide bonds. The fourth-order valence-electron chi connectivity index (χ4n) is 0.319. The highest BCUT2D eigenvalue weighted by Gasteiger charge is 2.05. The molecule has 0 aliphatic rings. The van der Waals surface area contributed by atoms with Gasteiger partial charge in [0.1, 0.15) is 0 Å². The first-order valence-corrected chi connectivity index (χ1v) is 4.16. The maximum atomic E-state index is 9.98. The Balaban J connectivity index is 3.53. The zero-order valence-electron chi connectivity index (χ0n) is 5.11. The van der Waals surface area contributed by atoms with Crippen LogP contribution >= 0.6 is 0 Å². The van der Waals surface area contributed by atoms with Crippen LogP contribution in [0.15, 0.2) is 0 Å². The van der Waals surface area contributed by atoms with E-state index in [9.17, 15) is 8.42 Å². The minimum absolute atomic E-state index is 0.0822. The molecule has 0 saturated carbocycles. The van der Waals surface area contributed by atoms with Crippen molar-refractivity contribution in [3.63, 3.8) is 0 Å². The molecular formula is C4H10O4S. The molecule has 0 spiro atoms. The molecule has 4 nitrogen and oxygen atoms in total. The molecule has 0 aliphatic carbocycles. The maximum Gasteiger partial charge on any atom is 0.264 e. The van der Waals surface area contributed by atoms with E-state index in [0.29, 0.717) is 0 Å². The van der Waals surface area contributed by atoms with E-state index in [1.807, 2.05) is 0 Å². The molecule has 0 aromatic carbocycles. The van der Waals surface area contributed by atoms with Gasteiger partial charge in [0.15, 0.2) is 0 Å². The Morgan fingerprint density at radius 1 is 1.56 bits per heavy atom. The minimum atomic E-state index is -3.88. The van der Waals surface area contributed by atoms with Gasteiger partial charge in [-0.3, -0.25) is 4.55 Å². The van der Waals surface area contributed by atoms with E-state index in [-0.39, 0.29) is 12.2 Å². The molecule has 5 heteroatoms. The highest BCUT2D eigenvalue weighted by atomic mass is 32.2. The predicted octanol–water partition coefficient (Wildman–Crippen LogP) is -0.355. The van der Waals surface area contributed by atoms with Gasteiger partial charge in [0, 0.05) is 0 Å². The van der Waals surface area contributed by atoms with E-state index >= 15 is 0 Å². The van der Waals surface area contributed by atoms with E-state index < -0.39 is 16.2 Å². The molecule has 0 aliphatic heterocycles. The highest BCUT2D eigenvalue weighted by molar-refractivity contribution is 7.85. The second-order valence-electron chi connectivity index (χ2n) is 1.92. The molecule has 56 valence electrons. The third-order valence-electron chi connectivity index (χ3n) is 0.794. The van der Waals surface area contributed by atoms with Crippen LogP contribution in [0.25, 0.3) is 0 Å². The average molecular weight is 154 g/mol. The van der Waals surface area contributed by atoms with Crippen LogP contribution in [0, 0.1) is 0 Å². The van der Waals surface area contributed by atoms with Crippen LogP contribution in [0.5, 0.6) is 0 Å². The van der Waals surface area contributed by atoms with Crippen LogP contribution in [-0.4, -0.2) is 29.9 Å². The van der Waals surface area contributed by atoms with Crippen LogP contribution in [0.1, 0.15) is 13.3 Å². The van der Waals surface area contributed by atoms with Crippen molar-refractivity contribution in [2.75, 3.05) is 5.75 Å². The third-order valence-corrected chi connectivity index (χ3v) is 1.55. The fraction of sp³-hybridized carbons (Fsp3) is 1.00. The van der Waals surface area contributed by atoms with Crippen molar-refractivity contribution in [2.24, 2.45) is 0 Å². The molecular weight excluding hydrogens is 144 g/mol. The summed E-state index contributed by atoms with van der Waals surface area (Å²) in [4.78, 5) is 0. The lowest BCUT2D eigenvalue weighted by atomic mass is 10.3. The van der Waals surface area contributed by atoms with Gasteiger partial charge in [-0.1, -0.05) is 0 Å². The molecule has 0 aromatic rings. The van der Waals surface area contributed by atoms with Gasteiger partial charge in [0.05, 0.1) is 11.9 Å². The second kappa shape index (κ2) is 3.14. The van der Waals surface area contributed by atoms with Gasteiger partial charge in [0.2, 0.25) is 0 Å². The molecule has 9 heavy (non-hydrogen) atoms. The normalized spacial score (nSPS) is 15.4. The lowest BCUT2D eigenvalue weighted by Crippen LogP contribution is -2.10. The predicted molar refractivity (Wildman–Crippen MR) is 32.7 cm³/mol. The Morgan fingerprint density at radius 3 is 2.11 bits per heavy atom. The van der Waals surface area contributed by atoms with E-state index in [1.54, 1.807) is 0 Å². The molecule has 0 fully saturated rings. The van der Waals surface area contributed by atoms with Crippen molar-refractivity contribution in [1.82, 2.24) is 0 Å². The first kappa shape index (κ1) is 8.87. The van der Waals surface area contributed by atoms with Crippen molar-refractivity contribution in [1.29, 1.82) is 0 Å². The standard InChI is InChI=1S/C4H10O4S/c1-4(5)2-3-9(6,7)8/h4-5H,2-3H2,1H3,(H,6,7,8). The molecule has 0 radical (unpaired) electrons. The number of aliphatic hydroxyl groups excluding tert-OH is 1.